The zero-order valence-corrected chi connectivity index (χ0v) is 11.7. The van der Waals surface area contributed by atoms with E-state index < -0.39 is 0 Å². The summed E-state index contributed by atoms with van der Waals surface area (Å²) in [5.74, 6) is -0.112. The zero-order chi connectivity index (χ0) is 13.9. The van der Waals surface area contributed by atoms with Crippen molar-refractivity contribution in [2.75, 3.05) is 6.61 Å². The number of nitrogens with one attached hydrogen (secondary N) is 1. The monoisotopic (exact) mass is 276 g/mol. The van der Waals surface area contributed by atoms with Crippen molar-refractivity contribution in [1.82, 2.24) is 10.2 Å². The lowest BCUT2D eigenvalue weighted by atomic mass is 9.73. The Bertz CT molecular complexity index is 501. The largest absolute Gasteiger partial charge is 0.456 e. The fourth-order valence-electron chi connectivity index (χ4n) is 4.71. The fourth-order valence-corrected chi connectivity index (χ4v) is 4.71. The highest BCUT2D eigenvalue weighted by Gasteiger charge is 2.56. The molecule has 2 bridgehead atoms. The van der Waals surface area contributed by atoms with Crippen molar-refractivity contribution in [2.24, 2.45) is 5.41 Å². The molecule has 4 atom stereocenters. The normalized spacial score (nSPS) is 43.4. The van der Waals surface area contributed by atoms with Gasteiger partial charge >= 0.3 is 5.97 Å². The first-order valence-corrected chi connectivity index (χ1v) is 7.54. The second kappa shape index (κ2) is 4.07. The van der Waals surface area contributed by atoms with Crippen molar-refractivity contribution >= 4 is 11.9 Å². The number of hydrogen-bond donors (Lipinski definition) is 1. The minimum atomic E-state index is -0.327. The van der Waals surface area contributed by atoms with Crippen molar-refractivity contribution in [3.05, 3.63) is 11.8 Å². The van der Waals surface area contributed by atoms with Gasteiger partial charge in [0.05, 0.1) is 11.1 Å². The van der Waals surface area contributed by atoms with E-state index in [2.05, 4.69) is 12.2 Å². The molecule has 1 N–H and O–H groups in total. The number of esters is 1. The third-order valence-electron chi connectivity index (χ3n) is 5.36. The predicted molar refractivity (Wildman–Crippen MR) is 71.6 cm³/mol. The Kier molecular flexibility index (Phi) is 2.52. The number of ether oxygens (including phenoxy) is 1. The number of likely N-dealkylation sites (tertiary alicyclic amines) is 1. The molecular formula is C15H20N2O3. The lowest BCUT2D eigenvalue weighted by Gasteiger charge is -2.36. The molecule has 0 aromatic heterocycles. The molecule has 1 amide bonds. The highest BCUT2D eigenvalue weighted by atomic mass is 16.5. The van der Waals surface area contributed by atoms with Crippen LogP contribution in [0.1, 0.15) is 39.0 Å². The molecule has 0 saturated carbocycles. The van der Waals surface area contributed by atoms with Crippen molar-refractivity contribution < 1.29 is 14.3 Å². The van der Waals surface area contributed by atoms with Crippen LogP contribution >= 0.6 is 0 Å². The van der Waals surface area contributed by atoms with Crippen molar-refractivity contribution in [3.8, 4) is 0 Å². The first-order valence-electron chi connectivity index (χ1n) is 7.54. The molecule has 0 aliphatic carbocycles. The molecular weight excluding hydrogens is 256 g/mol. The topological polar surface area (TPSA) is 58.6 Å². The van der Waals surface area contributed by atoms with Gasteiger partial charge in [-0.1, -0.05) is 0 Å². The minimum Gasteiger partial charge on any atom is -0.456 e. The molecule has 0 aromatic rings. The second-order valence-corrected chi connectivity index (χ2v) is 6.80. The van der Waals surface area contributed by atoms with E-state index in [1.54, 1.807) is 0 Å². The van der Waals surface area contributed by atoms with Crippen molar-refractivity contribution in [3.63, 3.8) is 0 Å². The van der Waals surface area contributed by atoms with Gasteiger partial charge in [0.25, 0.3) is 0 Å². The van der Waals surface area contributed by atoms with E-state index in [9.17, 15) is 9.59 Å². The van der Waals surface area contributed by atoms with E-state index in [0.29, 0.717) is 12.1 Å². The summed E-state index contributed by atoms with van der Waals surface area (Å²) >= 11 is 0. The van der Waals surface area contributed by atoms with E-state index in [-0.39, 0.29) is 29.9 Å². The van der Waals surface area contributed by atoms with Gasteiger partial charge in [-0.15, -0.1) is 0 Å². The predicted octanol–water partition coefficient (Wildman–Crippen LogP) is 0.949. The Balaban J connectivity index is 1.63. The molecule has 4 rings (SSSR count). The van der Waals surface area contributed by atoms with Gasteiger partial charge in [-0.2, -0.15) is 0 Å². The van der Waals surface area contributed by atoms with Crippen LogP contribution in [0.15, 0.2) is 11.8 Å². The summed E-state index contributed by atoms with van der Waals surface area (Å²) in [6.45, 7) is 2.33. The lowest BCUT2D eigenvalue weighted by molar-refractivity contribution is -0.138. The molecule has 5 nitrogen and oxygen atoms in total. The van der Waals surface area contributed by atoms with Crippen molar-refractivity contribution in [1.29, 1.82) is 0 Å². The standard InChI is InChI=1S/C15H20N2O3/c1-9-5-15(6-10-2-3-11(7-15)16-10)14(19)17(9)12-4-13(18)20-8-12/h4,9-11,16H,2-3,5-8H2,1H3/t9?,10-,11+,15-. The first-order chi connectivity index (χ1) is 9.57. The quantitative estimate of drug-likeness (QED) is 0.724. The number of nitrogens with zero attached hydrogens (tertiary/aromatic N) is 1. The van der Waals surface area contributed by atoms with Crippen LogP contribution in [-0.4, -0.2) is 41.5 Å². The Morgan fingerprint density at radius 1 is 1.25 bits per heavy atom. The summed E-state index contributed by atoms with van der Waals surface area (Å²) in [6, 6.07) is 1.17. The smallest absolute Gasteiger partial charge is 0.333 e. The second-order valence-electron chi connectivity index (χ2n) is 6.80. The van der Waals surface area contributed by atoms with Crippen LogP contribution in [0.25, 0.3) is 0 Å². The van der Waals surface area contributed by atoms with Crippen LogP contribution in [-0.2, 0) is 14.3 Å². The van der Waals surface area contributed by atoms with Crippen LogP contribution in [0.3, 0.4) is 0 Å². The Morgan fingerprint density at radius 2 is 1.95 bits per heavy atom. The van der Waals surface area contributed by atoms with Crippen LogP contribution in [0.5, 0.6) is 0 Å². The molecule has 3 saturated heterocycles. The third kappa shape index (κ3) is 1.65. The summed E-state index contributed by atoms with van der Waals surface area (Å²) in [4.78, 5) is 26.1. The van der Waals surface area contributed by atoms with E-state index >= 15 is 0 Å². The van der Waals surface area contributed by atoms with Crippen molar-refractivity contribution in [2.45, 2.75) is 57.2 Å². The minimum absolute atomic E-state index is 0.167. The molecule has 3 fully saturated rings. The van der Waals surface area contributed by atoms with Gasteiger partial charge in [0, 0.05) is 24.2 Å². The van der Waals surface area contributed by atoms with Gasteiger partial charge in [0.1, 0.15) is 6.61 Å². The summed E-state index contributed by atoms with van der Waals surface area (Å²) in [5, 5.41) is 3.60. The summed E-state index contributed by atoms with van der Waals surface area (Å²) < 4.78 is 4.97. The average molecular weight is 276 g/mol. The Morgan fingerprint density at radius 3 is 2.55 bits per heavy atom. The summed E-state index contributed by atoms with van der Waals surface area (Å²) in [5.41, 5.74) is 0.540. The molecule has 4 heterocycles. The number of amides is 1. The molecule has 0 radical (unpaired) electrons. The SMILES string of the molecule is CC1C[C@]2(C[C@H]3CC[C@@H](C2)N3)C(=O)N1C1=CC(=O)OC1. The molecule has 4 aliphatic heterocycles. The zero-order valence-electron chi connectivity index (χ0n) is 11.7. The van der Waals surface area contributed by atoms with Gasteiger partial charge in [0.2, 0.25) is 5.91 Å². The molecule has 5 heteroatoms. The number of fused-ring (bicyclic) bond motifs is 2. The molecule has 1 spiro atoms. The van der Waals surface area contributed by atoms with Gasteiger partial charge in [-0.25, -0.2) is 4.79 Å². The van der Waals surface area contributed by atoms with Gasteiger partial charge in [-0.05, 0) is 39.0 Å². The molecule has 1 unspecified atom stereocenters. The number of rotatable bonds is 1. The lowest BCUT2D eigenvalue weighted by Crippen LogP contribution is -2.48. The molecule has 4 aliphatic rings. The van der Waals surface area contributed by atoms with E-state index in [4.69, 9.17) is 4.74 Å². The van der Waals surface area contributed by atoms with Crippen LogP contribution in [0, 0.1) is 5.41 Å². The maximum Gasteiger partial charge on any atom is 0.333 e. The highest BCUT2D eigenvalue weighted by molar-refractivity contribution is 5.91. The number of carbonyl (C=O) groups is 2. The Hall–Kier alpha value is -1.36. The van der Waals surface area contributed by atoms with Gasteiger partial charge in [-0.3, -0.25) is 4.79 Å². The van der Waals surface area contributed by atoms with E-state index in [1.165, 1.54) is 18.9 Å². The van der Waals surface area contributed by atoms with Gasteiger partial charge < -0.3 is 15.0 Å². The fraction of sp³-hybridized carbons (Fsp3) is 0.733. The highest BCUT2D eigenvalue weighted by Crippen LogP contribution is 2.50. The maximum absolute atomic E-state index is 13.0. The molecule has 0 aromatic carbocycles. The number of piperidine rings is 1. The number of carbonyl (C=O) groups excluding carboxylic acids is 2. The Labute approximate surface area is 118 Å². The van der Waals surface area contributed by atoms with Crippen LogP contribution in [0.4, 0.5) is 0 Å². The first kappa shape index (κ1) is 12.4. The third-order valence-corrected chi connectivity index (χ3v) is 5.36. The molecule has 108 valence electrons. The molecule has 20 heavy (non-hydrogen) atoms. The average Bonchev–Trinajstić information content (AvgIpc) is 3.01. The van der Waals surface area contributed by atoms with Crippen LogP contribution in [0.2, 0.25) is 0 Å². The van der Waals surface area contributed by atoms with E-state index in [0.717, 1.165) is 25.0 Å². The van der Waals surface area contributed by atoms with Crippen LogP contribution < -0.4 is 5.32 Å². The summed E-state index contributed by atoms with van der Waals surface area (Å²) in [6.07, 6.45) is 6.67. The number of hydrogen-bond acceptors (Lipinski definition) is 4. The maximum atomic E-state index is 13.0. The van der Waals surface area contributed by atoms with E-state index in [1.807, 2.05) is 4.90 Å². The van der Waals surface area contributed by atoms with Gasteiger partial charge in [0.15, 0.2) is 0 Å². The number of cyclic esters (lactones) is 1. The summed E-state index contributed by atoms with van der Waals surface area (Å²) in [7, 11) is 0.